The monoisotopic (exact) mass is 395 g/mol. The summed E-state index contributed by atoms with van der Waals surface area (Å²) >= 11 is 1.67. The largest absolute Gasteiger partial charge is 0.317 e. The van der Waals surface area contributed by atoms with Crippen LogP contribution in [-0.4, -0.2) is 11.5 Å². The van der Waals surface area contributed by atoms with E-state index in [0.29, 0.717) is 13.0 Å². The van der Waals surface area contributed by atoms with Crippen molar-refractivity contribution in [3.8, 4) is 27.8 Å². The molecule has 4 heteroatoms. The Morgan fingerprint density at radius 1 is 0.862 bits per heavy atom. The molecule has 3 aromatic carbocycles. The van der Waals surface area contributed by atoms with Crippen LogP contribution in [0.2, 0.25) is 0 Å². The zero-order valence-corrected chi connectivity index (χ0v) is 17.1. The Morgan fingerprint density at radius 3 is 2.10 bits per heavy atom. The third-order valence-corrected chi connectivity index (χ3v) is 5.85. The summed E-state index contributed by atoms with van der Waals surface area (Å²) in [5.74, 6) is 0. The summed E-state index contributed by atoms with van der Waals surface area (Å²) in [7, 11) is 0. The molecular formula is C25H21N3S. The van der Waals surface area contributed by atoms with E-state index < -0.39 is 0 Å². The van der Waals surface area contributed by atoms with Crippen molar-refractivity contribution < 1.29 is 0 Å². The Labute approximate surface area is 175 Å². The van der Waals surface area contributed by atoms with Crippen molar-refractivity contribution in [2.45, 2.75) is 13.3 Å². The van der Waals surface area contributed by atoms with Gasteiger partial charge in [0.25, 0.3) is 0 Å². The van der Waals surface area contributed by atoms with E-state index in [9.17, 15) is 5.26 Å². The van der Waals surface area contributed by atoms with Crippen LogP contribution in [0.1, 0.15) is 12.0 Å². The molecular weight excluding hydrogens is 374 g/mol. The van der Waals surface area contributed by atoms with Crippen molar-refractivity contribution in [1.29, 1.82) is 5.26 Å². The van der Waals surface area contributed by atoms with E-state index in [-0.39, 0.29) is 0 Å². The first-order valence-electron chi connectivity index (χ1n) is 9.59. The SMILES string of the molecule is Cc1ccc(N(CCC#N)c2nc(-c3ccccc3)c(-c3ccccc3)s2)cc1. The van der Waals surface area contributed by atoms with Gasteiger partial charge in [0.15, 0.2) is 5.13 Å². The molecule has 0 radical (unpaired) electrons. The number of hydrogen-bond acceptors (Lipinski definition) is 4. The van der Waals surface area contributed by atoms with Crippen LogP contribution in [0.3, 0.4) is 0 Å². The van der Waals surface area contributed by atoms with Crippen molar-refractivity contribution in [2.24, 2.45) is 0 Å². The molecule has 0 bridgehead atoms. The Morgan fingerprint density at radius 2 is 1.48 bits per heavy atom. The molecule has 1 heterocycles. The zero-order valence-electron chi connectivity index (χ0n) is 16.2. The highest BCUT2D eigenvalue weighted by Gasteiger charge is 2.19. The number of hydrogen-bond donors (Lipinski definition) is 0. The standard InChI is InChI=1S/C25H21N3S/c1-19-13-15-22(16-14-19)28(18-8-17-26)25-27-23(20-9-4-2-5-10-20)24(29-25)21-11-6-3-7-12-21/h2-7,9-16H,8,18H2,1H3. The first-order valence-corrected chi connectivity index (χ1v) is 10.4. The predicted molar refractivity (Wildman–Crippen MR) is 121 cm³/mol. The maximum atomic E-state index is 9.18. The number of anilines is 2. The van der Waals surface area contributed by atoms with Gasteiger partial charge in [0, 0.05) is 17.8 Å². The van der Waals surface area contributed by atoms with Crippen molar-refractivity contribution in [1.82, 2.24) is 4.98 Å². The van der Waals surface area contributed by atoms with Gasteiger partial charge in [-0.1, -0.05) is 89.7 Å². The maximum Gasteiger partial charge on any atom is 0.191 e. The van der Waals surface area contributed by atoms with E-state index in [1.807, 2.05) is 24.3 Å². The summed E-state index contributed by atoms with van der Waals surface area (Å²) in [5.41, 5.74) is 5.49. The van der Waals surface area contributed by atoms with Gasteiger partial charge in [0.1, 0.15) is 0 Å². The first kappa shape index (κ1) is 18.9. The molecule has 0 aliphatic heterocycles. The van der Waals surface area contributed by atoms with Crippen LogP contribution >= 0.6 is 11.3 Å². The molecule has 0 unspecified atom stereocenters. The smallest absolute Gasteiger partial charge is 0.191 e. The molecule has 0 aliphatic rings. The van der Waals surface area contributed by atoms with Gasteiger partial charge in [-0.05, 0) is 24.6 Å². The number of aryl methyl sites for hydroxylation is 1. The third-order valence-electron chi connectivity index (χ3n) is 4.72. The second kappa shape index (κ2) is 8.72. The fraction of sp³-hybridized carbons (Fsp3) is 0.120. The molecule has 0 aliphatic carbocycles. The van der Waals surface area contributed by atoms with Crippen LogP contribution in [-0.2, 0) is 0 Å². The summed E-state index contributed by atoms with van der Waals surface area (Å²) in [6.07, 6.45) is 0.439. The average Bonchev–Trinajstić information content (AvgIpc) is 3.22. The lowest BCUT2D eigenvalue weighted by molar-refractivity contribution is 0.941. The van der Waals surface area contributed by atoms with E-state index in [2.05, 4.69) is 78.6 Å². The fourth-order valence-corrected chi connectivity index (χ4v) is 4.36. The van der Waals surface area contributed by atoms with Gasteiger partial charge in [-0.25, -0.2) is 4.98 Å². The predicted octanol–water partition coefficient (Wildman–Crippen LogP) is 6.84. The van der Waals surface area contributed by atoms with Crippen LogP contribution in [0, 0.1) is 18.3 Å². The molecule has 0 saturated heterocycles. The molecule has 29 heavy (non-hydrogen) atoms. The minimum atomic E-state index is 0.439. The third kappa shape index (κ3) is 4.21. The lowest BCUT2D eigenvalue weighted by atomic mass is 10.1. The van der Waals surface area contributed by atoms with Gasteiger partial charge in [-0.2, -0.15) is 5.26 Å². The van der Waals surface area contributed by atoms with Crippen molar-refractivity contribution >= 4 is 22.2 Å². The normalized spacial score (nSPS) is 10.5. The summed E-state index contributed by atoms with van der Waals surface area (Å²) in [5, 5.41) is 10.1. The van der Waals surface area contributed by atoms with Gasteiger partial charge in [-0.15, -0.1) is 0 Å². The topological polar surface area (TPSA) is 39.9 Å². The van der Waals surface area contributed by atoms with Crippen LogP contribution in [0.15, 0.2) is 84.9 Å². The average molecular weight is 396 g/mol. The highest BCUT2D eigenvalue weighted by atomic mass is 32.1. The Balaban J connectivity index is 1.84. The molecule has 1 aromatic heterocycles. The van der Waals surface area contributed by atoms with Gasteiger partial charge >= 0.3 is 0 Å². The first-order chi connectivity index (χ1) is 14.3. The molecule has 4 aromatic rings. The molecule has 0 atom stereocenters. The number of rotatable bonds is 6. The van der Waals surface area contributed by atoms with E-state index in [0.717, 1.165) is 32.5 Å². The number of thiazole rings is 1. The van der Waals surface area contributed by atoms with Gasteiger partial charge in [0.05, 0.1) is 23.1 Å². The second-order valence-corrected chi connectivity index (χ2v) is 7.78. The second-order valence-electron chi connectivity index (χ2n) is 6.80. The zero-order chi connectivity index (χ0) is 20.1. The highest BCUT2D eigenvalue weighted by Crippen LogP contribution is 2.42. The van der Waals surface area contributed by atoms with Crippen molar-refractivity contribution in [3.63, 3.8) is 0 Å². The van der Waals surface area contributed by atoms with Crippen molar-refractivity contribution in [3.05, 3.63) is 90.5 Å². The van der Waals surface area contributed by atoms with E-state index in [1.165, 1.54) is 5.56 Å². The summed E-state index contributed by atoms with van der Waals surface area (Å²) in [6.45, 7) is 2.68. The lowest BCUT2D eigenvalue weighted by Gasteiger charge is -2.21. The van der Waals surface area contributed by atoms with E-state index >= 15 is 0 Å². The lowest BCUT2D eigenvalue weighted by Crippen LogP contribution is -2.17. The molecule has 0 amide bonds. The Kier molecular flexibility index (Phi) is 5.69. The number of benzene rings is 3. The molecule has 0 fully saturated rings. The maximum absolute atomic E-state index is 9.18. The van der Waals surface area contributed by atoms with Crippen LogP contribution in [0.5, 0.6) is 0 Å². The van der Waals surface area contributed by atoms with E-state index in [4.69, 9.17) is 4.98 Å². The van der Waals surface area contributed by atoms with Gasteiger partial charge < -0.3 is 4.90 Å². The van der Waals surface area contributed by atoms with Gasteiger partial charge in [-0.3, -0.25) is 0 Å². The molecule has 3 nitrogen and oxygen atoms in total. The summed E-state index contributed by atoms with van der Waals surface area (Å²) < 4.78 is 0. The minimum Gasteiger partial charge on any atom is -0.317 e. The van der Waals surface area contributed by atoms with Gasteiger partial charge in [0.2, 0.25) is 0 Å². The number of aromatic nitrogens is 1. The van der Waals surface area contributed by atoms with Crippen LogP contribution in [0.25, 0.3) is 21.7 Å². The fourth-order valence-electron chi connectivity index (χ4n) is 3.22. The molecule has 142 valence electrons. The number of nitrogens with zero attached hydrogens (tertiary/aromatic N) is 3. The molecule has 4 rings (SSSR count). The molecule has 0 saturated carbocycles. The Hall–Kier alpha value is -3.42. The molecule has 0 spiro atoms. The highest BCUT2D eigenvalue weighted by molar-refractivity contribution is 7.19. The van der Waals surface area contributed by atoms with Crippen LogP contribution < -0.4 is 4.90 Å². The quantitative estimate of drug-likeness (QED) is 0.359. The van der Waals surface area contributed by atoms with E-state index in [1.54, 1.807) is 11.3 Å². The Bertz CT molecular complexity index is 1050. The van der Waals surface area contributed by atoms with Crippen LogP contribution in [0.4, 0.5) is 10.8 Å². The number of nitriles is 1. The summed E-state index contributed by atoms with van der Waals surface area (Å²) in [6, 6.07) is 31.3. The molecule has 0 N–H and O–H groups in total. The van der Waals surface area contributed by atoms with Crippen molar-refractivity contribution in [2.75, 3.05) is 11.4 Å². The summed E-state index contributed by atoms with van der Waals surface area (Å²) in [4.78, 5) is 8.33. The minimum absolute atomic E-state index is 0.439.